The van der Waals surface area contributed by atoms with Gasteiger partial charge in [0.25, 0.3) is 0 Å². The third kappa shape index (κ3) is 4.48. The molecule has 0 spiro atoms. The predicted molar refractivity (Wildman–Crippen MR) is 133 cm³/mol. The minimum Gasteiger partial charge on any atom is -0.493 e. The second kappa shape index (κ2) is 9.51. The molecule has 1 fully saturated rings. The molecule has 0 bridgehead atoms. The summed E-state index contributed by atoms with van der Waals surface area (Å²) in [5, 5.41) is 6.59. The smallest absolute Gasteiger partial charge is 0.224 e. The average molecular weight is 450 g/mol. The van der Waals surface area contributed by atoms with Gasteiger partial charge >= 0.3 is 0 Å². The van der Waals surface area contributed by atoms with E-state index in [-0.39, 0.29) is 5.91 Å². The van der Waals surface area contributed by atoms with Gasteiger partial charge in [0.1, 0.15) is 5.75 Å². The number of hydrogen-bond acceptors (Lipinski definition) is 5. The summed E-state index contributed by atoms with van der Waals surface area (Å²) in [4.78, 5) is 16.8. The molecule has 168 valence electrons. The van der Waals surface area contributed by atoms with Crippen LogP contribution in [-0.2, 0) is 11.2 Å². The molecule has 0 aliphatic carbocycles. The molecule has 2 aliphatic rings. The van der Waals surface area contributed by atoms with E-state index in [1.807, 2.05) is 18.3 Å². The normalized spacial score (nSPS) is 16.8. The first-order chi connectivity index (χ1) is 15.7. The summed E-state index contributed by atoms with van der Waals surface area (Å²) in [6.07, 6.45) is 3.57. The van der Waals surface area contributed by atoms with E-state index in [4.69, 9.17) is 4.74 Å². The molecule has 3 aromatic rings. The Morgan fingerprint density at radius 2 is 1.91 bits per heavy atom. The fourth-order valence-electron chi connectivity index (χ4n) is 4.82. The lowest BCUT2D eigenvalue weighted by molar-refractivity contribution is -0.116. The van der Waals surface area contributed by atoms with Gasteiger partial charge in [-0.1, -0.05) is 12.1 Å². The zero-order chi connectivity index (χ0) is 21.9. The Morgan fingerprint density at radius 3 is 2.78 bits per heavy atom. The van der Waals surface area contributed by atoms with E-state index in [2.05, 4.69) is 56.9 Å². The molecule has 6 heteroatoms. The van der Waals surface area contributed by atoms with Crippen LogP contribution in [0.25, 0.3) is 10.1 Å². The maximum atomic E-state index is 11.7. The number of anilines is 2. The van der Waals surface area contributed by atoms with Crippen LogP contribution in [0.4, 0.5) is 11.4 Å². The molecule has 2 aromatic carbocycles. The summed E-state index contributed by atoms with van der Waals surface area (Å²) in [7, 11) is 0. The summed E-state index contributed by atoms with van der Waals surface area (Å²) in [5.41, 5.74) is 4.60. The lowest BCUT2D eigenvalue weighted by Crippen LogP contribution is -2.46. The van der Waals surface area contributed by atoms with E-state index >= 15 is 0 Å². The van der Waals surface area contributed by atoms with Crippen LogP contribution < -0.4 is 15.0 Å². The quantitative estimate of drug-likeness (QED) is 0.511. The molecule has 0 atom stereocenters. The molecule has 5 nitrogen and oxygen atoms in total. The molecule has 1 saturated heterocycles. The Morgan fingerprint density at radius 1 is 1.03 bits per heavy atom. The van der Waals surface area contributed by atoms with Crippen LogP contribution in [-0.4, -0.2) is 50.1 Å². The van der Waals surface area contributed by atoms with Crippen molar-refractivity contribution in [3.63, 3.8) is 0 Å². The van der Waals surface area contributed by atoms with Crippen LogP contribution in [0.5, 0.6) is 5.75 Å². The maximum Gasteiger partial charge on any atom is 0.224 e. The largest absolute Gasteiger partial charge is 0.493 e. The molecule has 1 N–H and O–H groups in total. The first-order valence-electron chi connectivity index (χ1n) is 11.7. The molecular weight excluding hydrogens is 418 g/mol. The van der Waals surface area contributed by atoms with Crippen molar-refractivity contribution in [3.8, 4) is 5.75 Å². The number of thiophene rings is 1. The highest BCUT2D eigenvalue weighted by molar-refractivity contribution is 7.17. The van der Waals surface area contributed by atoms with Gasteiger partial charge in [-0.2, -0.15) is 0 Å². The minimum atomic E-state index is 0.102. The summed E-state index contributed by atoms with van der Waals surface area (Å²) < 4.78 is 7.43. The number of piperazine rings is 1. The summed E-state index contributed by atoms with van der Waals surface area (Å²) in [5.74, 6) is 0.993. The molecule has 0 radical (unpaired) electrons. The molecule has 5 rings (SSSR count). The van der Waals surface area contributed by atoms with Crippen molar-refractivity contribution in [2.45, 2.75) is 32.6 Å². The molecule has 2 aliphatic heterocycles. The lowest BCUT2D eigenvalue weighted by atomic mass is 9.99. The van der Waals surface area contributed by atoms with Crippen LogP contribution in [0.15, 0.2) is 41.8 Å². The third-order valence-corrected chi connectivity index (χ3v) is 7.58. The van der Waals surface area contributed by atoms with Crippen LogP contribution in [0.1, 0.15) is 30.4 Å². The molecular formula is C26H31N3O2S. The fourth-order valence-corrected chi connectivity index (χ4v) is 5.63. The standard InChI is InChI=1S/C26H31N3O2S/c1-19-23(9-7-20-8-10-25(30)27-26(19)20)31-17-3-2-12-28-13-15-29(16-14-28)22-5-4-6-24-21(22)11-18-32-24/h4-7,9,11,18H,2-3,8,10,12-17H2,1H3,(H,27,30). The molecule has 0 unspecified atom stereocenters. The average Bonchev–Trinajstić information content (AvgIpc) is 3.30. The van der Waals surface area contributed by atoms with Crippen molar-refractivity contribution in [1.29, 1.82) is 0 Å². The number of ether oxygens (including phenoxy) is 1. The van der Waals surface area contributed by atoms with Gasteiger partial charge in [-0.3, -0.25) is 9.69 Å². The van der Waals surface area contributed by atoms with Crippen LogP contribution >= 0.6 is 11.3 Å². The number of nitrogens with zero attached hydrogens (tertiary/aromatic N) is 2. The van der Waals surface area contributed by atoms with Crippen molar-refractivity contribution in [2.75, 3.05) is 49.5 Å². The Hall–Kier alpha value is -2.57. The van der Waals surface area contributed by atoms with E-state index in [9.17, 15) is 4.79 Å². The number of nitrogens with one attached hydrogen (secondary N) is 1. The number of fused-ring (bicyclic) bond motifs is 2. The summed E-state index contributed by atoms with van der Waals surface area (Å²) in [6.45, 7) is 8.29. The zero-order valence-electron chi connectivity index (χ0n) is 18.7. The third-order valence-electron chi connectivity index (χ3n) is 6.70. The van der Waals surface area contributed by atoms with Gasteiger partial charge in [0, 0.05) is 53.9 Å². The molecule has 3 heterocycles. The minimum absolute atomic E-state index is 0.102. The van der Waals surface area contributed by atoms with Crippen LogP contribution in [0.2, 0.25) is 0 Å². The fraction of sp³-hybridized carbons (Fsp3) is 0.423. The second-order valence-corrected chi connectivity index (χ2v) is 9.71. The number of amides is 1. The van der Waals surface area contributed by atoms with E-state index in [0.29, 0.717) is 13.0 Å². The number of unbranched alkanes of at least 4 members (excludes halogenated alkanes) is 1. The zero-order valence-corrected chi connectivity index (χ0v) is 19.5. The Bertz CT molecular complexity index is 1100. The van der Waals surface area contributed by atoms with Gasteiger partial charge in [0.2, 0.25) is 5.91 Å². The van der Waals surface area contributed by atoms with Crippen LogP contribution in [0, 0.1) is 6.92 Å². The van der Waals surface area contributed by atoms with Crippen molar-refractivity contribution in [3.05, 3.63) is 52.9 Å². The molecule has 32 heavy (non-hydrogen) atoms. The highest BCUT2D eigenvalue weighted by atomic mass is 32.1. The van der Waals surface area contributed by atoms with E-state index in [1.54, 1.807) is 0 Å². The van der Waals surface area contributed by atoms with Gasteiger partial charge in [-0.05, 0) is 67.9 Å². The van der Waals surface area contributed by atoms with E-state index < -0.39 is 0 Å². The Labute approximate surface area is 194 Å². The van der Waals surface area contributed by atoms with Crippen molar-refractivity contribution in [1.82, 2.24) is 4.90 Å². The van der Waals surface area contributed by atoms with Crippen molar-refractivity contribution in [2.24, 2.45) is 0 Å². The van der Waals surface area contributed by atoms with Gasteiger partial charge < -0.3 is 15.0 Å². The van der Waals surface area contributed by atoms with Gasteiger partial charge in [0.15, 0.2) is 0 Å². The van der Waals surface area contributed by atoms with E-state index in [0.717, 1.165) is 69.0 Å². The maximum absolute atomic E-state index is 11.7. The number of rotatable bonds is 7. The number of carbonyl (C=O) groups excluding carboxylic acids is 1. The lowest BCUT2D eigenvalue weighted by Gasteiger charge is -2.36. The number of aryl methyl sites for hydroxylation is 1. The van der Waals surface area contributed by atoms with Crippen molar-refractivity contribution >= 4 is 38.7 Å². The molecule has 1 amide bonds. The van der Waals surface area contributed by atoms with Gasteiger partial charge in [0.05, 0.1) is 12.3 Å². The van der Waals surface area contributed by atoms with Gasteiger partial charge in [-0.15, -0.1) is 11.3 Å². The van der Waals surface area contributed by atoms with E-state index in [1.165, 1.54) is 21.3 Å². The number of carbonyl (C=O) groups is 1. The van der Waals surface area contributed by atoms with Gasteiger partial charge in [-0.25, -0.2) is 0 Å². The summed E-state index contributed by atoms with van der Waals surface area (Å²) >= 11 is 1.82. The predicted octanol–water partition coefficient (Wildman–Crippen LogP) is 5.08. The molecule has 0 saturated carbocycles. The highest BCUT2D eigenvalue weighted by Gasteiger charge is 2.20. The Kier molecular flexibility index (Phi) is 6.32. The first-order valence-corrected chi connectivity index (χ1v) is 12.6. The topological polar surface area (TPSA) is 44.8 Å². The second-order valence-electron chi connectivity index (χ2n) is 8.76. The first kappa shape index (κ1) is 21.3. The number of hydrogen-bond donors (Lipinski definition) is 1. The highest BCUT2D eigenvalue weighted by Crippen LogP contribution is 2.33. The SMILES string of the molecule is Cc1c(OCCCCN2CCN(c3cccc4sccc34)CC2)ccc2c1NC(=O)CC2. The number of benzene rings is 2. The van der Waals surface area contributed by atoms with Crippen LogP contribution in [0.3, 0.4) is 0 Å². The molecule has 1 aromatic heterocycles. The monoisotopic (exact) mass is 449 g/mol. The Balaban J connectivity index is 1.05. The van der Waals surface area contributed by atoms with Crippen molar-refractivity contribution < 1.29 is 9.53 Å². The summed E-state index contributed by atoms with van der Waals surface area (Å²) in [6, 6.07) is 13.0.